The van der Waals surface area contributed by atoms with Crippen molar-refractivity contribution in [2.24, 2.45) is 5.73 Å². The largest absolute Gasteiger partial charge is 0.391 e. The first kappa shape index (κ1) is 18.8. The molecule has 146 valence electrons. The van der Waals surface area contributed by atoms with Crippen LogP contribution in [0.4, 0.5) is 8.78 Å². The van der Waals surface area contributed by atoms with Crippen LogP contribution in [0.15, 0.2) is 60.9 Å². The van der Waals surface area contributed by atoms with Crippen LogP contribution in [0.3, 0.4) is 0 Å². The van der Waals surface area contributed by atoms with Gasteiger partial charge >= 0.3 is 0 Å². The SMILES string of the molecule is NC(=O)c1ccc(Cc2cn3cc(-c4ccc(F)c(CO)c4F)ccc3n2)cc1. The lowest BCUT2D eigenvalue weighted by atomic mass is 10.0. The number of primary amides is 1. The van der Waals surface area contributed by atoms with E-state index in [1.165, 1.54) is 6.07 Å². The van der Waals surface area contributed by atoms with E-state index >= 15 is 0 Å². The summed E-state index contributed by atoms with van der Waals surface area (Å²) in [5.41, 5.74) is 8.53. The number of nitrogens with zero attached hydrogens (tertiary/aromatic N) is 2. The highest BCUT2D eigenvalue weighted by Gasteiger charge is 2.15. The number of benzene rings is 2. The van der Waals surface area contributed by atoms with Crippen molar-refractivity contribution in [3.63, 3.8) is 0 Å². The summed E-state index contributed by atoms with van der Waals surface area (Å²) in [7, 11) is 0. The van der Waals surface area contributed by atoms with E-state index in [4.69, 9.17) is 5.73 Å². The van der Waals surface area contributed by atoms with Gasteiger partial charge in [0.25, 0.3) is 0 Å². The molecule has 0 unspecified atom stereocenters. The van der Waals surface area contributed by atoms with E-state index in [-0.39, 0.29) is 11.1 Å². The van der Waals surface area contributed by atoms with E-state index in [0.717, 1.165) is 17.3 Å². The number of pyridine rings is 1. The van der Waals surface area contributed by atoms with Gasteiger partial charge in [0, 0.05) is 41.1 Å². The second kappa shape index (κ2) is 7.44. The fraction of sp³-hybridized carbons (Fsp3) is 0.0909. The number of halogens is 2. The first-order valence-electron chi connectivity index (χ1n) is 8.90. The van der Waals surface area contributed by atoms with Gasteiger partial charge in [-0.15, -0.1) is 0 Å². The number of rotatable bonds is 5. The fourth-order valence-corrected chi connectivity index (χ4v) is 3.25. The molecule has 4 rings (SSSR count). The Morgan fingerprint density at radius 1 is 1.03 bits per heavy atom. The number of aliphatic hydroxyl groups excluding tert-OH is 1. The fourth-order valence-electron chi connectivity index (χ4n) is 3.25. The van der Waals surface area contributed by atoms with E-state index < -0.39 is 24.1 Å². The molecule has 0 aliphatic rings. The molecule has 0 saturated heterocycles. The van der Waals surface area contributed by atoms with Crippen LogP contribution in [0.5, 0.6) is 0 Å². The second-order valence-corrected chi connectivity index (χ2v) is 6.70. The van der Waals surface area contributed by atoms with Crippen LogP contribution in [-0.2, 0) is 13.0 Å². The Morgan fingerprint density at radius 2 is 1.79 bits per heavy atom. The summed E-state index contributed by atoms with van der Waals surface area (Å²) in [6.45, 7) is -0.711. The molecule has 4 aromatic rings. The zero-order chi connectivity index (χ0) is 20.5. The Labute approximate surface area is 165 Å². The van der Waals surface area contributed by atoms with Crippen LogP contribution in [0.1, 0.15) is 27.2 Å². The summed E-state index contributed by atoms with van der Waals surface area (Å²) >= 11 is 0. The summed E-state index contributed by atoms with van der Waals surface area (Å²) in [4.78, 5) is 15.7. The molecule has 29 heavy (non-hydrogen) atoms. The first-order valence-corrected chi connectivity index (χ1v) is 8.90. The number of imidazole rings is 1. The van der Waals surface area contributed by atoms with Crippen LogP contribution < -0.4 is 5.73 Å². The number of hydrogen-bond acceptors (Lipinski definition) is 3. The molecule has 0 fully saturated rings. The molecule has 0 aliphatic heterocycles. The third-order valence-electron chi connectivity index (χ3n) is 4.78. The van der Waals surface area contributed by atoms with Gasteiger partial charge in [-0.3, -0.25) is 4.79 Å². The third-order valence-corrected chi connectivity index (χ3v) is 4.78. The van der Waals surface area contributed by atoms with Crippen LogP contribution in [0.25, 0.3) is 16.8 Å². The molecule has 5 nitrogen and oxygen atoms in total. The van der Waals surface area contributed by atoms with Crippen molar-refractivity contribution < 1.29 is 18.7 Å². The zero-order valence-electron chi connectivity index (χ0n) is 15.3. The van der Waals surface area contributed by atoms with Gasteiger partial charge < -0.3 is 15.2 Å². The van der Waals surface area contributed by atoms with E-state index in [1.54, 1.807) is 34.9 Å². The van der Waals surface area contributed by atoms with Crippen LogP contribution in [-0.4, -0.2) is 20.4 Å². The van der Waals surface area contributed by atoms with E-state index in [9.17, 15) is 18.7 Å². The van der Waals surface area contributed by atoms with Gasteiger partial charge in [-0.2, -0.15) is 0 Å². The lowest BCUT2D eigenvalue weighted by Crippen LogP contribution is -2.10. The Bertz CT molecular complexity index is 1220. The number of aromatic nitrogens is 2. The molecule has 2 aromatic heterocycles. The molecule has 7 heteroatoms. The number of fused-ring (bicyclic) bond motifs is 1. The third kappa shape index (κ3) is 3.60. The molecule has 2 heterocycles. The standard InChI is InChI=1S/C22H17F2N3O2/c23-19-7-6-17(21(24)18(19)12-28)15-5-8-20-26-16(11-27(20)10-15)9-13-1-3-14(4-2-13)22(25)29/h1-8,10-11,28H,9,12H2,(H2,25,29). The predicted molar refractivity (Wildman–Crippen MR) is 104 cm³/mol. The molecule has 0 aliphatic carbocycles. The Hall–Kier alpha value is -3.58. The van der Waals surface area contributed by atoms with Crippen LogP contribution >= 0.6 is 0 Å². The number of nitrogens with two attached hydrogens (primary N) is 1. The van der Waals surface area contributed by atoms with E-state index in [2.05, 4.69) is 4.98 Å². The zero-order valence-corrected chi connectivity index (χ0v) is 15.3. The minimum Gasteiger partial charge on any atom is -0.391 e. The van der Waals surface area contributed by atoms with Crippen LogP contribution in [0.2, 0.25) is 0 Å². The summed E-state index contributed by atoms with van der Waals surface area (Å²) in [6, 6.07) is 12.9. The minimum atomic E-state index is -0.776. The van der Waals surface area contributed by atoms with Crippen molar-refractivity contribution in [1.82, 2.24) is 9.38 Å². The molecule has 2 aromatic carbocycles. The maximum atomic E-state index is 14.5. The maximum absolute atomic E-state index is 14.5. The summed E-state index contributed by atoms with van der Waals surface area (Å²) < 4.78 is 29.9. The topological polar surface area (TPSA) is 80.6 Å². The molecule has 0 bridgehead atoms. The van der Waals surface area contributed by atoms with E-state index in [1.807, 2.05) is 18.3 Å². The van der Waals surface area contributed by atoms with Gasteiger partial charge in [-0.05, 0) is 42.0 Å². The molecular weight excluding hydrogens is 376 g/mol. The highest BCUT2D eigenvalue weighted by atomic mass is 19.1. The Balaban J connectivity index is 1.65. The summed E-state index contributed by atoms with van der Waals surface area (Å²) in [5.74, 6) is -2.03. The van der Waals surface area contributed by atoms with Crippen molar-refractivity contribution in [3.8, 4) is 11.1 Å². The van der Waals surface area contributed by atoms with Gasteiger partial charge in [0.1, 0.15) is 17.3 Å². The molecule has 1 amide bonds. The van der Waals surface area contributed by atoms with Gasteiger partial charge in [-0.1, -0.05) is 12.1 Å². The van der Waals surface area contributed by atoms with Crippen molar-refractivity contribution >= 4 is 11.6 Å². The van der Waals surface area contributed by atoms with Crippen molar-refractivity contribution in [2.75, 3.05) is 0 Å². The van der Waals surface area contributed by atoms with Gasteiger partial charge in [0.05, 0.1) is 12.3 Å². The first-order chi connectivity index (χ1) is 14.0. The predicted octanol–water partition coefficient (Wildman–Crippen LogP) is 3.46. The van der Waals surface area contributed by atoms with E-state index in [0.29, 0.717) is 23.2 Å². The lowest BCUT2D eigenvalue weighted by molar-refractivity contribution is 0.100. The number of hydrogen-bond donors (Lipinski definition) is 2. The second-order valence-electron chi connectivity index (χ2n) is 6.70. The molecule has 0 radical (unpaired) electrons. The van der Waals surface area contributed by atoms with Gasteiger partial charge in [-0.25, -0.2) is 13.8 Å². The van der Waals surface area contributed by atoms with Gasteiger partial charge in [0.15, 0.2) is 0 Å². The maximum Gasteiger partial charge on any atom is 0.248 e. The molecular formula is C22H17F2N3O2. The smallest absolute Gasteiger partial charge is 0.248 e. The van der Waals surface area contributed by atoms with Crippen molar-refractivity contribution in [2.45, 2.75) is 13.0 Å². The van der Waals surface area contributed by atoms with Crippen LogP contribution in [0, 0.1) is 11.6 Å². The number of amides is 1. The van der Waals surface area contributed by atoms with Crippen molar-refractivity contribution in [3.05, 3.63) is 94.9 Å². The van der Waals surface area contributed by atoms with Gasteiger partial charge in [0.2, 0.25) is 5.91 Å². The minimum absolute atomic E-state index is 0.203. The normalized spacial score (nSPS) is 11.1. The average molecular weight is 393 g/mol. The number of carbonyl (C=O) groups is 1. The number of carbonyl (C=O) groups excluding carboxylic acids is 1. The Morgan fingerprint density at radius 3 is 2.48 bits per heavy atom. The quantitative estimate of drug-likeness (QED) is 0.545. The summed E-state index contributed by atoms with van der Waals surface area (Å²) in [6.07, 6.45) is 4.09. The molecule has 0 atom stereocenters. The average Bonchev–Trinajstić information content (AvgIpc) is 3.10. The number of aliphatic hydroxyl groups is 1. The van der Waals surface area contributed by atoms with Crippen molar-refractivity contribution in [1.29, 1.82) is 0 Å². The molecule has 0 spiro atoms. The lowest BCUT2D eigenvalue weighted by Gasteiger charge is -2.08. The summed E-state index contributed by atoms with van der Waals surface area (Å²) in [5, 5.41) is 9.21. The Kier molecular flexibility index (Phi) is 4.82. The highest BCUT2D eigenvalue weighted by molar-refractivity contribution is 5.92. The molecule has 0 saturated carbocycles. The highest BCUT2D eigenvalue weighted by Crippen LogP contribution is 2.27. The monoisotopic (exact) mass is 393 g/mol. The molecule has 3 N–H and O–H groups in total.